The molecule has 1 aromatic carbocycles. The summed E-state index contributed by atoms with van der Waals surface area (Å²) in [6, 6.07) is 4.06. The number of hydrogen-bond donors (Lipinski definition) is 0. The van der Waals surface area contributed by atoms with E-state index in [1.54, 1.807) is 0 Å². The summed E-state index contributed by atoms with van der Waals surface area (Å²) in [6.07, 6.45) is 5.32. The first-order valence-electron chi connectivity index (χ1n) is 3.70. The van der Waals surface area contributed by atoms with Crippen LogP contribution in [0.25, 0.3) is 0 Å². The lowest BCUT2D eigenvalue weighted by molar-refractivity contribution is 1.25. The van der Waals surface area contributed by atoms with Gasteiger partial charge in [-0.15, -0.1) is 6.42 Å². The fraction of sp³-hybridized carbons (Fsp3) is 0.273. The van der Waals surface area contributed by atoms with Crippen molar-refractivity contribution in [3.63, 3.8) is 0 Å². The summed E-state index contributed by atoms with van der Waals surface area (Å²) in [4.78, 5) is 0. The zero-order valence-electron chi connectivity index (χ0n) is 7.23. The highest BCUT2D eigenvalue weighted by Crippen LogP contribution is 2.15. The van der Waals surface area contributed by atoms with E-state index in [4.69, 9.17) is 6.42 Å². The largest absolute Gasteiger partial charge is 0.115 e. The fourth-order valence-electron chi connectivity index (χ4n) is 1.11. The van der Waals surface area contributed by atoms with Crippen LogP contribution in [0, 0.1) is 33.1 Å². The van der Waals surface area contributed by atoms with Gasteiger partial charge in [0.25, 0.3) is 0 Å². The highest BCUT2D eigenvalue weighted by Gasteiger charge is 1.99. The van der Waals surface area contributed by atoms with Crippen molar-refractivity contribution in [3.05, 3.63) is 34.4 Å². The van der Waals surface area contributed by atoms with Crippen LogP contribution >= 0.6 is 0 Å². The summed E-state index contributed by atoms with van der Waals surface area (Å²) < 4.78 is 0. The van der Waals surface area contributed by atoms with E-state index in [0.717, 1.165) is 5.56 Å². The van der Waals surface area contributed by atoms with Crippen molar-refractivity contribution in [2.45, 2.75) is 20.8 Å². The predicted molar refractivity (Wildman–Crippen MR) is 48.6 cm³/mol. The van der Waals surface area contributed by atoms with Crippen LogP contribution in [0.5, 0.6) is 0 Å². The minimum absolute atomic E-state index is 1.01. The maximum absolute atomic E-state index is 5.32. The molecule has 0 saturated carbocycles. The molecule has 0 N–H and O–H groups in total. The van der Waals surface area contributed by atoms with E-state index in [9.17, 15) is 0 Å². The second kappa shape index (κ2) is 2.80. The maximum Gasteiger partial charge on any atom is 0.0274 e. The first kappa shape index (κ1) is 7.88. The molecule has 0 aliphatic heterocycles. The van der Waals surface area contributed by atoms with Crippen LogP contribution in [0.15, 0.2) is 12.1 Å². The molecule has 0 spiro atoms. The highest BCUT2D eigenvalue weighted by molar-refractivity contribution is 5.46. The molecule has 0 heterocycles. The van der Waals surface area contributed by atoms with Crippen molar-refractivity contribution < 1.29 is 0 Å². The molecule has 0 saturated heterocycles. The standard InChI is InChI=1S/C11H12/c1-5-11-7-6-8(2)9(3)10(11)4/h1,6-7H,2-4H3. The molecular formula is C11H12. The van der Waals surface area contributed by atoms with Crippen LogP contribution in [0.1, 0.15) is 22.3 Å². The average molecular weight is 144 g/mol. The molecule has 1 aromatic rings. The third kappa shape index (κ3) is 1.28. The Morgan fingerprint density at radius 1 is 1.09 bits per heavy atom. The maximum atomic E-state index is 5.32. The van der Waals surface area contributed by atoms with Gasteiger partial charge in [0.2, 0.25) is 0 Å². The molecule has 0 aromatic heterocycles. The Morgan fingerprint density at radius 3 is 2.27 bits per heavy atom. The van der Waals surface area contributed by atoms with Gasteiger partial charge in [-0.1, -0.05) is 12.0 Å². The van der Waals surface area contributed by atoms with Gasteiger partial charge in [0.15, 0.2) is 0 Å². The second-order valence-electron chi connectivity index (χ2n) is 2.82. The first-order chi connectivity index (χ1) is 5.16. The monoisotopic (exact) mass is 144 g/mol. The summed E-state index contributed by atoms with van der Waals surface area (Å²) in [5, 5.41) is 0. The topological polar surface area (TPSA) is 0 Å². The number of hydrogen-bond acceptors (Lipinski definition) is 0. The Morgan fingerprint density at radius 2 is 1.73 bits per heavy atom. The Balaban J connectivity index is 3.40. The Bertz CT molecular complexity index is 314. The Hall–Kier alpha value is -1.22. The third-order valence-corrected chi connectivity index (χ3v) is 2.21. The molecule has 0 nitrogen and oxygen atoms in total. The van der Waals surface area contributed by atoms with Crippen LogP contribution in [0.4, 0.5) is 0 Å². The van der Waals surface area contributed by atoms with Gasteiger partial charge in [-0.3, -0.25) is 0 Å². The van der Waals surface area contributed by atoms with Gasteiger partial charge in [-0.2, -0.15) is 0 Å². The molecule has 11 heavy (non-hydrogen) atoms. The van der Waals surface area contributed by atoms with Gasteiger partial charge in [-0.25, -0.2) is 0 Å². The van der Waals surface area contributed by atoms with Crippen molar-refractivity contribution in [1.29, 1.82) is 0 Å². The molecular weight excluding hydrogens is 132 g/mol. The molecule has 0 aliphatic rings. The molecule has 56 valence electrons. The van der Waals surface area contributed by atoms with Crippen molar-refractivity contribution in [2.75, 3.05) is 0 Å². The van der Waals surface area contributed by atoms with Gasteiger partial charge in [-0.05, 0) is 43.5 Å². The molecule has 0 bridgehead atoms. The third-order valence-electron chi connectivity index (χ3n) is 2.21. The van der Waals surface area contributed by atoms with Gasteiger partial charge < -0.3 is 0 Å². The van der Waals surface area contributed by atoms with E-state index in [2.05, 4.69) is 32.8 Å². The van der Waals surface area contributed by atoms with Crippen LogP contribution in [-0.4, -0.2) is 0 Å². The first-order valence-corrected chi connectivity index (χ1v) is 3.70. The normalized spacial score (nSPS) is 9.27. The number of benzene rings is 1. The zero-order chi connectivity index (χ0) is 8.43. The fourth-order valence-corrected chi connectivity index (χ4v) is 1.11. The molecule has 0 fully saturated rings. The van der Waals surface area contributed by atoms with E-state index >= 15 is 0 Å². The minimum atomic E-state index is 1.01. The second-order valence-corrected chi connectivity index (χ2v) is 2.82. The summed E-state index contributed by atoms with van der Waals surface area (Å²) in [5.41, 5.74) is 4.85. The van der Waals surface area contributed by atoms with Gasteiger partial charge in [0.05, 0.1) is 0 Å². The zero-order valence-corrected chi connectivity index (χ0v) is 7.23. The quantitative estimate of drug-likeness (QED) is 0.491. The van der Waals surface area contributed by atoms with Crippen molar-refractivity contribution in [1.82, 2.24) is 0 Å². The smallest absolute Gasteiger partial charge is 0.0274 e. The van der Waals surface area contributed by atoms with Crippen LogP contribution in [0.3, 0.4) is 0 Å². The predicted octanol–water partition coefficient (Wildman–Crippen LogP) is 2.59. The number of terminal acetylenes is 1. The highest BCUT2D eigenvalue weighted by atomic mass is 14.0. The number of aryl methyl sites for hydroxylation is 1. The Kier molecular flexibility index (Phi) is 2.01. The summed E-state index contributed by atoms with van der Waals surface area (Å²) >= 11 is 0. The summed E-state index contributed by atoms with van der Waals surface area (Å²) in [6.45, 7) is 6.27. The molecule has 1 rings (SSSR count). The van der Waals surface area contributed by atoms with Crippen molar-refractivity contribution >= 4 is 0 Å². The minimum Gasteiger partial charge on any atom is -0.115 e. The van der Waals surface area contributed by atoms with Gasteiger partial charge in [0.1, 0.15) is 0 Å². The lowest BCUT2D eigenvalue weighted by Gasteiger charge is -2.05. The summed E-state index contributed by atoms with van der Waals surface area (Å²) in [7, 11) is 0. The molecule has 0 radical (unpaired) electrons. The van der Waals surface area contributed by atoms with Crippen LogP contribution in [0.2, 0.25) is 0 Å². The van der Waals surface area contributed by atoms with E-state index in [1.165, 1.54) is 16.7 Å². The van der Waals surface area contributed by atoms with E-state index in [-0.39, 0.29) is 0 Å². The molecule has 0 unspecified atom stereocenters. The van der Waals surface area contributed by atoms with Crippen molar-refractivity contribution in [3.8, 4) is 12.3 Å². The molecule has 0 heteroatoms. The lowest BCUT2D eigenvalue weighted by Crippen LogP contribution is -1.89. The SMILES string of the molecule is C#Cc1ccc(C)c(C)c1C. The van der Waals surface area contributed by atoms with E-state index in [1.807, 2.05) is 6.07 Å². The average Bonchev–Trinajstić information content (AvgIpc) is 2.01. The van der Waals surface area contributed by atoms with E-state index < -0.39 is 0 Å². The summed E-state index contributed by atoms with van der Waals surface area (Å²) in [5.74, 6) is 2.66. The van der Waals surface area contributed by atoms with Gasteiger partial charge in [0, 0.05) is 5.56 Å². The van der Waals surface area contributed by atoms with E-state index in [0.29, 0.717) is 0 Å². The van der Waals surface area contributed by atoms with Crippen LogP contribution < -0.4 is 0 Å². The Labute approximate surface area is 68.3 Å². The molecule has 0 amide bonds. The molecule has 0 atom stereocenters. The van der Waals surface area contributed by atoms with Gasteiger partial charge >= 0.3 is 0 Å². The van der Waals surface area contributed by atoms with Crippen molar-refractivity contribution in [2.24, 2.45) is 0 Å². The molecule has 0 aliphatic carbocycles. The van der Waals surface area contributed by atoms with Crippen LogP contribution in [-0.2, 0) is 0 Å². The number of rotatable bonds is 0. The lowest BCUT2D eigenvalue weighted by atomic mass is 9.99.